The Balaban J connectivity index is 2.29. The lowest BCUT2D eigenvalue weighted by Gasteiger charge is -2.36. The number of hydrogen-bond acceptors (Lipinski definition) is 6. The van der Waals surface area contributed by atoms with Crippen LogP contribution in [-0.2, 0) is 10.0 Å². The van der Waals surface area contributed by atoms with Crippen molar-refractivity contribution in [2.45, 2.75) is 24.3 Å². The molecule has 0 amide bonds. The van der Waals surface area contributed by atoms with Gasteiger partial charge in [0, 0.05) is 25.7 Å². The minimum Gasteiger partial charge on any atom is -0.358 e. The van der Waals surface area contributed by atoms with E-state index in [1.165, 1.54) is 10.4 Å². The number of sulfonamides is 1. The normalized spacial score (nSPS) is 16.1. The predicted octanol–water partition coefficient (Wildman–Crippen LogP) is 0.362. The molecule has 0 atom stereocenters. The van der Waals surface area contributed by atoms with Crippen LogP contribution in [0.1, 0.15) is 13.3 Å². The lowest BCUT2D eigenvalue weighted by Crippen LogP contribution is -2.58. The van der Waals surface area contributed by atoms with Crippen molar-refractivity contribution in [3.63, 3.8) is 0 Å². The molecule has 1 aliphatic heterocycles. The summed E-state index contributed by atoms with van der Waals surface area (Å²) in [5, 5.41) is 13.6. The molecular formula is C11H16N4O4S. The number of aromatic nitrogens is 1. The van der Waals surface area contributed by atoms with Gasteiger partial charge in [0.25, 0.3) is 0 Å². The molecule has 20 heavy (non-hydrogen) atoms. The van der Waals surface area contributed by atoms with E-state index in [4.69, 9.17) is 0 Å². The molecule has 1 aromatic heterocycles. The van der Waals surface area contributed by atoms with E-state index < -0.39 is 14.9 Å². The van der Waals surface area contributed by atoms with Crippen LogP contribution in [0, 0.1) is 10.1 Å². The Hall–Kier alpha value is -1.58. The Kier molecular flexibility index (Phi) is 4.31. The maximum absolute atomic E-state index is 12.5. The molecular weight excluding hydrogens is 284 g/mol. The standard InChI is InChI=1S/C11H16N4O4S/c1-2-5-14(9-6-12-7-9)20(18,19)10-3-4-11(13-8-10)15(16)17/h3-4,8-9,12H,2,5-7H2,1H3. The molecule has 0 spiro atoms. The highest BCUT2D eigenvalue weighted by Crippen LogP contribution is 2.21. The molecule has 8 nitrogen and oxygen atoms in total. The van der Waals surface area contributed by atoms with Crippen molar-refractivity contribution < 1.29 is 13.3 Å². The second kappa shape index (κ2) is 5.81. The topological polar surface area (TPSA) is 105 Å². The molecule has 2 heterocycles. The second-order valence-corrected chi connectivity index (χ2v) is 6.43. The highest BCUT2D eigenvalue weighted by molar-refractivity contribution is 7.89. The van der Waals surface area contributed by atoms with Gasteiger partial charge in [0.05, 0.1) is 6.04 Å². The number of rotatable bonds is 6. The fourth-order valence-electron chi connectivity index (χ4n) is 1.96. The van der Waals surface area contributed by atoms with Crippen molar-refractivity contribution in [2.24, 2.45) is 0 Å². The molecule has 0 unspecified atom stereocenters. The Morgan fingerprint density at radius 2 is 2.20 bits per heavy atom. The van der Waals surface area contributed by atoms with E-state index in [2.05, 4.69) is 10.3 Å². The van der Waals surface area contributed by atoms with Crippen LogP contribution in [0.3, 0.4) is 0 Å². The van der Waals surface area contributed by atoms with Crippen LogP contribution in [0.25, 0.3) is 0 Å². The summed E-state index contributed by atoms with van der Waals surface area (Å²) in [5.41, 5.74) is 0. The minimum absolute atomic E-state index is 0.0107. The molecule has 9 heteroatoms. The molecule has 0 aromatic carbocycles. The van der Waals surface area contributed by atoms with E-state index >= 15 is 0 Å². The van der Waals surface area contributed by atoms with E-state index in [1.54, 1.807) is 0 Å². The maximum Gasteiger partial charge on any atom is 0.363 e. The van der Waals surface area contributed by atoms with Crippen LogP contribution in [0.15, 0.2) is 23.2 Å². The molecule has 0 saturated carbocycles. The van der Waals surface area contributed by atoms with E-state index in [0.717, 1.165) is 12.3 Å². The molecule has 110 valence electrons. The predicted molar refractivity (Wildman–Crippen MR) is 71.7 cm³/mol. The number of nitrogens with one attached hydrogen (secondary N) is 1. The smallest absolute Gasteiger partial charge is 0.358 e. The first-order valence-electron chi connectivity index (χ1n) is 6.30. The molecule has 0 radical (unpaired) electrons. The number of pyridine rings is 1. The van der Waals surface area contributed by atoms with Gasteiger partial charge in [0.2, 0.25) is 10.0 Å². The Morgan fingerprint density at radius 1 is 1.50 bits per heavy atom. The van der Waals surface area contributed by atoms with Gasteiger partial charge in [-0.25, -0.2) is 8.42 Å². The SMILES string of the molecule is CCCN(C1CNC1)S(=O)(=O)c1ccc([N+](=O)[O-])nc1. The van der Waals surface area contributed by atoms with Crippen molar-refractivity contribution in [3.8, 4) is 0 Å². The van der Waals surface area contributed by atoms with Crippen LogP contribution in [0.4, 0.5) is 5.82 Å². The zero-order valence-electron chi connectivity index (χ0n) is 11.0. The molecule has 1 aliphatic rings. The van der Waals surface area contributed by atoms with E-state index in [-0.39, 0.29) is 16.8 Å². The summed E-state index contributed by atoms with van der Waals surface area (Å²) in [5.74, 6) is -0.365. The van der Waals surface area contributed by atoms with Crippen molar-refractivity contribution in [1.82, 2.24) is 14.6 Å². The van der Waals surface area contributed by atoms with Crippen molar-refractivity contribution in [1.29, 1.82) is 0 Å². The summed E-state index contributed by atoms with van der Waals surface area (Å²) < 4.78 is 26.5. The van der Waals surface area contributed by atoms with Gasteiger partial charge in [-0.1, -0.05) is 6.92 Å². The fourth-order valence-corrected chi connectivity index (χ4v) is 3.63. The molecule has 1 fully saturated rings. The first-order chi connectivity index (χ1) is 9.46. The van der Waals surface area contributed by atoms with Gasteiger partial charge in [-0.05, 0) is 22.4 Å². The average molecular weight is 300 g/mol. The van der Waals surface area contributed by atoms with Crippen LogP contribution in [0.5, 0.6) is 0 Å². The first-order valence-corrected chi connectivity index (χ1v) is 7.74. The molecule has 1 N–H and O–H groups in total. The van der Waals surface area contributed by atoms with Gasteiger partial charge in [0.15, 0.2) is 6.20 Å². The molecule has 2 rings (SSSR count). The zero-order chi connectivity index (χ0) is 14.8. The Morgan fingerprint density at radius 3 is 2.60 bits per heavy atom. The van der Waals surface area contributed by atoms with E-state index in [1.807, 2.05) is 6.92 Å². The fraction of sp³-hybridized carbons (Fsp3) is 0.545. The lowest BCUT2D eigenvalue weighted by molar-refractivity contribution is -0.389. The summed E-state index contributed by atoms with van der Waals surface area (Å²) in [6.07, 6.45) is 1.75. The molecule has 0 bridgehead atoms. The van der Waals surface area contributed by atoms with Gasteiger partial charge >= 0.3 is 5.82 Å². The van der Waals surface area contributed by atoms with Gasteiger partial charge in [-0.15, -0.1) is 0 Å². The number of hydrogen-bond donors (Lipinski definition) is 1. The summed E-state index contributed by atoms with van der Waals surface area (Å²) in [4.78, 5) is 13.4. The largest absolute Gasteiger partial charge is 0.363 e. The van der Waals surface area contributed by atoms with Crippen LogP contribution < -0.4 is 5.32 Å². The van der Waals surface area contributed by atoms with E-state index in [9.17, 15) is 18.5 Å². The summed E-state index contributed by atoms with van der Waals surface area (Å²) in [6, 6.07) is 2.28. The van der Waals surface area contributed by atoms with Gasteiger partial charge < -0.3 is 15.4 Å². The number of nitrogens with zero attached hydrogens (tertiary/aromatic N) is 3. The third-order valence-corrected chi connectivity index (χ3v) is 5.06. The Labute approximate surface area is 117 Å². The highest BCUT2D eigenvalue weighted by atomic mass is 32.2. The quantitative estimate of drug-likeness (QED) is 0.601. The van der Waals surface area contributed by atoms with Gasteiger partial charge in [0.1, 0.15) is 4.90 Å². The zero-order valence-corrected chi connectivity index (χ0v) is 11.8. The van der Waals surface area contributed by atoms with Crippen molar-refractivity contribution >= 4 is 15.8 Å². The molecule has 0 aliphatic carbocycles. The summed E-state index contributed by atoms with van der Waals surface area (Å²) in [7, 11) is -3.66. The number of nitro groups is 1. The highest BCUT2D eigenvalue weighted by Gasteiger charge is 2.35. The second-order valence-electron chi connectivity index (χ2n) is 4.54. The van der Waals surface area contributed by atoms with E-state index in [0.29, 0.717) is 26.1 Å². The van der Waals surface area contributed by atoms with Gasteiger partial charge in [-0.2, -0.15) is 4.31 Å². The Bertz CT molecular complexity index is 583. The lowest BCUT2D eigenvalue weighted by atomic mass is 10.2. The van der Waals surface area contributed by atoms with Crippen LogP contribution in [-0.4, -0.2) is 48.3 Å². The molecule has 1 saturated heterocycles. The first kappa shape index (κ1) is 14.8. The molecule has 1 aromatic rings. The third-order valence-electron chi connectivity index (χ3n) is 3.13. The monoisotopic (exact) mass is 300 g/mol. The average Bonchev–Trinajstić information content (AvgIpc) is 2.36. The van der Waals surface area contributed by atoms with Crippen molar-refractivity contribution in [3.05, 3.63) is 28.4 Å². The van der Waals surface area contributed by atoms with Crippen LogP contribution in [0.2, 0.25) is 0 Å². The third kappa shape index (κ3) is 2.79. The van der Waals surface area contributed by atoms with Crippen LogP contribution >= 0.6 is 0 Å². The maximum atomic E-state index is 12.5. The summed E-state index contributed by atoms with van der Waals surface area (Å²) in [6.45, 7) is 3.58. The van der Waals surface area contributed by atoms with Crippen molar-refractivity contribution in [2.75, 3.05) is 19.6 Å². The van der Waals surface area contributed by atoms with Gasteiger partial charge in [-0.3, -0.25) is 0 Å². The summed E-state index contributed by atoms with van der Waals surface area (Å²) >= 11 is 0. The minimum atomic E-state index is -3.66.